The number of nitrogens with one attached hydrogen (secondary N) is 1. The number of aromatic nitrogens is 3. The van der Waals surface area contributed by atoms with Gasteiger partial charge < -0.3 is 5.32 Å². The van der Waals surface area contributed by atoms with Gasteiger partial charge in [-0.25, -0.2) is 18.4 Å². The van der Waals surface area contributed by atoms with Crippen LogP contribution in [-0.2, 0) is 16.3 Å². The third-order valence-corrected chi connectivity index (χ3v) is 6.11. The molecule has 0 bridgehead atoms. The summed E-state index contributed by atoms with van der Waals surface area (Å²) in [6, 6.07) is 3.44. The predicted octanol–water partition coefficient (Wildman–Crippen LogP) is 1.14. The van der Waals surface area contributed by atoms with Crippen LogP contribution in [0.15, 0.2) is 30.7 Å². The first-order chi connectivity index (χ1) is 11.3. The zero-order valence-corrected chi connectivity index (χ0v) is 14.5. The van der Waals surface area contributed by atoms with Crippen LogP contribution in [0, 0.1) is 0 Å². The first kappa shape index (κ1) is 16.6. The number of sulfone groups is 1. The lowest BCUT2D eigenvalue weighted by atomic mass is 10.0. The fourth-order valence-corrected chi connectivity index (χ4v) is 5.02. The molecule has 24 heavy (non-hydrogen) atoms. The lowest BCUT2D eigenvalue weighted by molar-refractivity contribution is 0.0915. The molecule has 1 saturated heterocycles. The van der Waals surface area contributed by atoms with Crippen molar-refractivity contribution in [3.05, 3.63) is 42.1 Å². The molecular weight excluding hydrogens is 328 g/mol. The van der Waals surface area contributed by atoms with Crippen LogP contribution in [0.1, 0.15) is 36.5 Å². The van der Waals surface area contributed by atoms with Crippen LogP contribution in [0.2, 0.25) is 0 Å². The highest BCUT2D eigenvalue weighted by atomic mass is 32.2. The van der Waals surface area contributed by atoms with Gasteiger partial charge in [-0.3, -0.25) is 9.36 Å². The van der Waals surface area contributed by atoms with Crippen molar-refractivity contribution in [2.24, 2.45) is 0 Å². The molecule has 0 spiro atoms. The Balaban J connectivity index is 1.75. The van der Waals surface area contributed by atoms with E-state index in [1.807, 2.05) is 17.7 Å². The highest BCUT2D eigenvalue weighted by Crippen LogP contribution is 2.23. The fraction of sp³-hybridized carbons (Fsp3) is 0.438. The van der Waals surface area contributed by atoms with E-state index in [4.69, 9.17) is 0 Å². The van der Waals surface area contributed by atoms with Gasteiger partial charge >= 0.3 is 0 Å². The summed E-state index contributed by atoms with van der Waals surface area (Å²) in [5.74, 6) is 1.36. The normalized spacial score (nSPS) is 22.4. The Bertz CT molecular complexity index is 858. The number of hydrogen-bond acceptors (Lipinski definition) is 5. The van der Waals surface area contributed by atoms with Crippen molar-refractivity contribution in [3.63, 3.8) is 0 Å². The van der Waals surface area contributed by atoms with Crippen LogP contribution in [0.3, 0.4) is 0 Å². The summed E-state index contributed by atoms with van der Waals surface area (Å²) in [4.78, 5) is 20.9. The summed E-state index contributed by atoms with van der Waals surface area (Å²) in [7, 11) is -3.07. The van der Waals surface area contributed by atoms with E-state index >= 15 is 0 Å². The van der Waals surface area contributed by atoms with Gasteiger partial charge in [0.15, 0.2) is 9.84 Å². The lowest BCUT2D eigenvalue weighted by Crippen LogP contribution is -2.46. The largest absolute Gasteiger partial charge is 0.346 e. The van der Waals surface area contributed by atoms with Crippen molar-refractivity contribution < 1.29 is 13.2 Å². The zero-order chi connectivity index (χ0) is 17.4. The number of hydrogen-bond donors (Lipinski definition) is 1. The molecule has 1 amide bonds. The molecule has 1 fully saturated rings. The molecule has 0 unspecified atom stereocenters. The monoisotopic (exact) mass is 348 g/mol. The molecule has 0 aromatic carbocycles. The first-order valence-corrected chi connectivity index (χ1v) is 9.66. The van der Waals surface area contributed by atoms with E-state index in [2.05, 4.69) is 15.3 Å². The van der Waals surface area contributed by atoms with Crippen molar-refractivity contribution in [1.29, 1.82) is 0 Å². The molecule has 1 atom stereocenters. The number of pyridine rings is 1. The molecule has 8 heteroatoms. The second-order valence-electron chi connectivity index (χ2n) is 6.33. The summed E-state index contributed by atoms with van der Waals surface area (Å²) >= 11 is 0. The SMILES string of the molecule is CCc1nccn1-c1ccc(C(=O)N[C@@]2(C)CCS(=O)(=O)C2)cn1. The molecule has 1 aliphatic rings. The average Bonchev–Trinajstić information content (AvgIpc) is 3.11. The molecule has 128 valence electrons. The quantitative estimate of drug-likeness (QED) is 0.894. The van der Waals surface area contributed by atoms with Gasteiger partial charge in [-0.1, -0.05) is 6.92 Å². The van der Waals surface area contributed by atoms with Gasteiger partial charge in [0.1, 0.15) is 11.6 Å². The molecule has 0 saturated carbocycles. The number of imidazole rings is 1. The van der Waals surface area contributed by atoms with Crippen LogP contribution in [0.25, 0.3) is 5.82 Å². The third-order valence-electron chi connectivity index (χ3n) is 4.21. The second kappa shape index (κ2) is 6.01. The van der Waals surface area contributed by atoms with Crippen molar-refractivity contribution in [2.45, 2.75) is 32.2 Å². The minimum absolute atomic E-state index is 0.0217. The minimum atomic E-state index is -3.07. The first-order valence-electron chi connectivity index (χ1n) is 7.83. The van der Waals surface area contributed by atoms with Gasteiger partial charge in [0.25, 0.3) is 5.91 Å². The Morgan fingerprint density at radius 3 is 2.75 bits per heavy atom. The maximum atomic E-state index is 12.4. The molecule has 2 aromatic heterocycles. The Morgan fingerprint density at radius 1 is 1.38 bits per heavy atom. The zero-order valence-electron chi connectivity index (χ0n) is 13.7. The van der Waals surface area contributed by atoms with Crippen molar-refractivity contribution in [3.8, 4) is 5.82 Å². The summed E-state index contributed by atoms with van der Waals surface area (Å²) in [6.07, 6.45) is 6.25. The molecule has 0 aliphatic carbocycles. The van der Waals surface area contributed by atoms with Crippen molar-refractivity contribution in [2.75, 3.05) is 11.5 Å². The summed E-state index contributed by atoms with van der Waals surface area (Å²) < 4.78 is 25.1. The van der Waals surface area contributed by atoms with E-state index in [-0.39, 0.29) is 17.4 Å². The Kier molecular flexibility index (Phi) is 4.16. The number of nitrogens with zero attached hydrogens (tertiary/aromatic N) is 3. The van der Waals surface area contributed by atoms with E-state index < -0.39 is 15.4 Å². The fourth-order valence-electron chi connectivity index (χ4n) is 2.92. The number of aryl methyl sites for hydroxylation is 1. The van der Waals surface area contributed by atoms with E-state index in [1.54, 1.807) is 25.3 Å². The van der Waals surface area contributed by atoms with Gasteiger partial charge in [-0.15, -0.1) is 0 Å². The van der Waals surface area contributed by atoms with E-state index in [9.17, 15) is 13.2 Å². The molecule has 1 N–H and O–H groups in total. The summed E-state index contributed by atoms with van der Waals surface area (Å²) in [6.45, 7) is 3.77. The predicted molar refractivity (Wildman–Crippen MR) is 89.9 cm³/mol. The standard InChI is InChI=1S/C16H20N4O3S/c1-3-13-17-7-8-20(13)14-5-4-12(10-18-14)15(21)19-16(2)6-9-24(22,23)11-16/h4-5,7-8,10H,3,6,9,11H2,1-2H3,(H,19,21)/t16-/m0/s1. The Morgan fingerprint density at radius 2 is 2.17 bits per heavy atom. The van der Waals surface area contributed by atoms with Gasteiger partial charge in [0.05, 0.1) is 22.6 Å². The maximum absolute atomic E-state index is 12.4. The number of rotatable bonds is 4. The topological polar surface area (TPSA) is 94.0 Å². The van der Waals surface area contributed by atoms with Crippen molar-refractivity contribution in [1.82, 2.24) is 19.9 Å². The average molecular weight is 348 g/mol. The van der Waals surface area contributed by atoms with Crippen LogP contribution in [0.5, 0.6) is 0 Å². The van der Waals surface area contributed by atoms with Gasteiger partial charge in [-0.2, -0.15) is 0 Å². The van der Waals surface area contributed by atoms with E-state index in [0.717, 1.165) is 12.2 Å². The van der Waals surface area contributed by atoms with Crippen molar-refractivity contribution >= 4 is 15.7 Å². The molecule has 7 nitrogen and oxygen atoms in total. The van der Waals surface area contributed by atoms with Gasteiger partial charge in [0.2, 0.25) is 0 Å². The van der Waals surface area contributed by atoms with Crippen LogP contribution < -0.4 is 5.32 Å². The third kappa shape index (κ3) is 3.33. The van der Waals surface area contributed by atoms with Gasteiger partial charge in [0, 0.05) is 25.0 Å². The minimum Gasteiger partial charge on any atom is -0.346 e. The molecule has 3 rings (SSSR count). The Labute approximate surface area is 141 Å². The highest BCUT2D eigenvalue weighted by Gasteiger charge is 2.39. The van der Waals surface area contributed by atoms with Crippen LogP contribution in [-0.4, -0.2) is 45.9 Å². The molecule has 0 radical (unpaired) electrons. The molecule has 2 aromatic rings. The summed E-state index contributed by atoms with van der Waals surface area (Å²) in [5, 5.41) is 2.83. The highest BCUT2D eigenvalue weighted by molar-refractivity contribution is 7.91. The van der Waals surface area contributed by atoms with Crippen LogP contribution in [0.4, 0.5) is 0 Å². The van der Waals surface area contributed by atoms with Crippen LogP contribution >= 0.6 is 0 Å². The van der Waals surface area contributed by atoms with E-state index in [1.165, 1.54) is 6.20 Å². The number of carbonyl (C=O) groups excluding carboxylic acids is 1. The second-order valence-corrected chi connectivity index (χ2v) is 8.51. The van der Waals surface area contributed by atoms with E-state index in [0.29, 0.717) is 17.8 Å². The summed E-state index contributed by atoms with van der Waals surface area (Å²) in [5.41, 5.74) is -0.309. The maximum Gasteiger partial charge on any atom is 0.253 e. The van der Waals surface area contributed by atoms with Gasteiger partial charge in [-0.05, 0) is 25.5 Å². The molecule has 1 aliphatic heterocycles. The molecule has 3 heterocycles. The number of amides is 1. The Hall–Kier alpha value is -2.22. The number of carbonyl (C=O) groups is 1. The lowest BCUT2D eigenvalue weighted by Gasteiger charge is -2.23. The molecular formula is C16H20N4O3S. The smallest absolute Gasteiger partial charge is 0.253 e.